The van der Waals surface area contributed by atoms with E-state index in [0.29, 0.717) is 11.1 Å². The van der Waals surface area contributed by atoms with Gasteiger partial charge in [0.25, 0.3) is 0 Å². The zero-order chi connectivity index (χ0) is 12.3. The van der Waals surface area contributed by atoms with E-state index in [1.54, 1.807) is 6.20 Å². The number of halogens is 1. The first-order valence-corrected chi connectivity index (χ1v) is 6.43. The van der Waals surface area contributed by atoms with Gasteiger partial charge in [0.05, 0.1) is 25.0 Å². The molecule has 0 saturated heterocycles. The van der Waals surface area contributed by atoms with E-state index in [2.05, 4.69) is 14.9 Å². The third kappa shape index (κ3) is 3.07. The highest BCUT2D eigenvalue weighted by molar-refractivity contribution is 6.29. The lowest BCUT2D eigenvalue weighted by atomic mass is 9.85. The van der Waals surface area contributed by atoms with Crippen molar-refractivity contribution in [2.45, 2.75) is 32.2 Å². The maximum absolute atomic E-state index is 9.32. The molecule has 1 N–H and O–H groups in total. The maximum Gasteiger partial charge on any atom is 0.149 e. The number of aliphatic hydroxyl groups is 1. The summed E-state index contributed by atoms with van der Waals surface area (Å²) in [6, 6.07) is 0.0448. The van der Waals surface area contributed by atoms with Crippen LogP contribution in [0, 0.1) is 5.92 Å². The standard InChI is InChI=1S/C12H18ClN3O/c1-9(8-17)16(7-10-3-2-4-10)12-6-14-5-11(13)15-12/h5-6,9-10,17H,2-4,7-8H2,1H3/t9-/m1/s1. The fourth-order valence-electron chi connectivity index (χ4n) is 2.02. The number of nitrogens with zero attached hydrogens (tertiary/aromatic N) is 3. The second-order valence-electron chi connectivity index (χ2n) is 4.68. The molecule has 0 aliphatic heterocycles. The molecule has 0 radical (unpaired) electrons. The predicted molar refractivity (Wildman–Crippen MR) is 68.3 cm³/mol. The molecule has 1 aliphatic carbocycles. The molecule has 2 rings (SSSR count). The van der Waals surface area contributed by atoms with Crippen LogP contribution in [0.5, 0.6) is 0 Å². The van der Waals surface area contributed by atoms with E-state index in [-0.39, 0.29) is 12.6 Å². The summed E-state index contributed by atoms with van der Waals surface area (Å²) in [6.07, 6.45) is 7.07. The van der Waals surface area contributed by atoms with Gasteiger partial charge in [-0.3, -0.25) is 4.98 Å². The Morgan fingerprint density at radius 1 is 1.53 bits per heavy atom. The van der Waals surface area contributed by atoms with Gasteiger partial charge in [0.2, 0.25) is 0 Å². The van der Waals surface area contributed by atoms with Crippen LogP contribution in [0.1, 0.15) is 26.2 Å². The van der Waals surface area contributed by atoms with Crippen LogP contribution < -0.4 is 4.90 Å². The van der Waals surface area contributed by atoms with Crippen molar-refractivity contribution in [3.05, 3.63) is 17.5 Å². The second-order valence-corrected chi connectivity index (χ2v) is 5.07. The highest BCUT2D eigenvalue weighted by atomic mass is 35.5. The van der Waals surface area contributed by atoms with Gasteiger partial charge in [0, 0.05) is 6.54 Å². The lowest BCUT2D eigenvalue weighted by molar-refractivity contribution is 0.249. The molecular weight excluding hydrogens is 238 g/mol. The minimum absolute atomic E-state index is 0.0448. The van der Waals surface area contributed by atoms with Gasteiger partial charge in [-0.05, 0) is 25.7 Å². The van der Waals surface area contributed by atoms with Crippen LogP contribution in [-0.4, -0.2) is 34.3 Å². The van der Waals surface area contributed by atoms with Crippen molar-refractivity contribution in [3.63, 3.8) is 0 Å². The van der Waals surface area contributed by atoms with Crippen molar-refractivity contribution in [2.75, 3.05) is 18.1 Å². The minimum Gasteiger partial charge on any atom is -0.394 e. The summed E-state index contributed by atoms with van der Waals surface area (Å²) < 4.78 is 0. The molecule has 1 aliphatic rings. The molecule has 0 spiro atoms. The molecule has 1 aromatic rings. The molecule has 0 unspecified atom stereocenters. The van der Waals surface area contributed by atoms with Crippen LogP contribution in [0.2, 0.25) is 5.15 Å². The van der Waals surface area contributed by atoms with Crippen LogP contribution >= 0.6 is 11.6 Å². The third-order valence-corrected chi connectivity index (χ3v) is 3.54. The van der Waals surface area contributed by atoms with Gasteiger partial charge < -0.3 is 10.0 Å². The Hall–Kier alpha value is -0.870. The van der Waals surface area contributed by atoms with Gasteiger partial charge in [0.15, 0.2) is 0 Å². The average molecular weight is 256 g/mol. The Balaban J connectivity index is 2.13. The van der Waals surface area contributed by atoms with E-state index in [0.717, 1.165) is 12.4 Å². The van der Waals surface area contributed by atoms with Crippen molar-refractivity contribution in [2.24, 2.45) is 5.92 Å². The Morgan fingerprint density at radius 2 is 2.29 bits per heavy atom. The molecule has 4 nitrogen and oxygen atoms in total. The first-order chi connectivity index (χ1) is 8.20. The van der Waals surface area contributed by atoms with Gasteiger partial charge in [-0.25, -0.2) is 4.98 Å². The van der Waals surface area contributed by atoms with E-state index in [4.69, 9.17) is 11.6 Å². The quantitative estimate of drug-likeness (QED) is 0.876. The van der Waals surface area contributed by atoms with Crippen molar-refractivity contribution < 1.29 is 5.11 Å². The van der Waals surface area contributed by atoms with E-state index in [1.807, 2.05) is 6.92 Å². The van der Waals surface area contributed by atoms with Gasteiger partial charge in [-0.15, -0.1) is 0 Å². The molecule has 1 atom stereocenters. The fraction of sp³-hybridized carbons (Fsp3) is 0.667. The van der Waals surface area contributed by atoms with E-state index in [1.165, 1.54) is 25.5 Å². The number of anilines is 1. The van der Waals surface area contributed by atoms with Crippen LogP contribution in [0.25, 0.3) is 0 Å². The molecule has 17 heavy (non-hydrogen) atoms. The Labute approximate surface area is 107 Å². The zero-order valence-electron chi connectivity index (χ0n) is 10.0. The second kappa shape index (κ2) is 5.65. The Bertz CT molecular complexity index is 371. The Morgan fingerprint density at radius 3 is 2.82 bits per heavy atom. The molecule has 0 amide bonds. The summed E-state index contributed by atoms with van der Waals surface area (Å²) in [5.74, 6) is 1.47. The molecule has 1 aromatic heterocycles. The molecule has 1 fully saturated rings. The number of hydrogen-bond acceptors (Lipinski definition) is 4. The minimum atomic E-state index is 0.0448. The molecule has 94 valence electrons. The van der Waals surface area contributed by atoms with Crippen molar-refractivity contribution in [3.8, 4) is 0 Å². The first-order valence-electron chi connectivity index (χ1n) is 6.05. The number of rotatable bonds is 5. The van der Waals surface area contributed by atoms with Crippen molar-refractivity contribution in [1.82, 2.24) is 9.97 Å². The predicted octanol–water partition coefficient (Wildman–Crippen LogP) is 2.12. The van der Waals surface area contributed by atoms with Gasteiger partial charge in [-0.1, -0.05) is 18.0 Å². The summed E-state index contributed by atoms with van der Waals surface area (Å²) in [7, 11) is 0. The summed E-state index contributed by atoms with van der Waals surface area (Å²) in [5, 5.41) is 9.71. The lowest BCUT2D eigenvalue weighted by Gasteiger charge is -2.36. The van der Waals surface area contributed by atoms with E-state index >= 15 is 0 Å². The monoisotopic (exact) mass is 255 g/mol. The van der Waals surface area contributed by atoms with Crippen molar-refractivity contribution in [1.29, 1.82) is 0 Å². The summed E-state index contributed by atoms with van der Waals surface area (Å²) in [5.41, 5.74) is 0. The SMILES string of the molecule is C[C@H](CO)N(CC1CCC1)c1cncc(Cl)n1. The number of hydrogen-bond donors (Lipinski definition) is 1. The summed E-state index contributed by atoms with van der Waals surface area (Å²) in [4.78, 5) is 10.4. The highest BCUT2D eigenvalue weighted by Crippen LogP contribution is 2.29. The largest absolute Gasteiger partial charge is 0.394 e. The smallest absolute Gasteiger partial charge is 0.149 e. The van der Waals surface area contributed by atoms with Crippen LogP contribution in [0.15, 0.2) is 12.4 Å². The lowest BCUT2D eigenvalue weighted by Crippen LogP contribution is -2.41. The zero-order valence-corrected chi connectivity index (χ0v) is 10.8. The Kier molecular flexibility index (Phi) is 4.18. The normalized spacial score (nSPS) is 17.6. The van der Waals surface area contributed by atoms with E-state index in [9.17, 15) is 5.11 Å². The van der Waals surface area contributed by atoms with Crippen LogP contribution in [-0.2, 0) is 0 Å². The van der Waals surface area contributed by atoms with E-state index < -0.39 is 0 Å². The topological polar surface area (TPSA) is 49.2 Å². The molecular formula is C12H18ClN3O. The van der Waals surface area contributed by atoms with Gasteiger partial charge in [0.1, 0.15) is 11.0 Å². The fourth-order valence-corrected chi connectivity index (χ4v) is 2.17. The molecule has 0 aromatic carbocycles. The van der Waals surface area contributed by atoms with Crippen molar-refractivity contribution >= 4 is 17.4 Å². The average Bonchev–Trinajstić information content (AvgIpc) is 2.27. The molecule has 1 heterocycles. The molecule has 1 saturated carbocycles. The number of aromatic nitrogens is 2. The van der Waals surface area contributed by atoms with Crippen LogP contribution in [0.4, 0.5) is 5.82 Å². The molecule has 0 bridgehead atoms. The highest BCUT2D eigenvalue weighted by Gasteiger charge is 2.24. The summed E-state index contributed by atoms with van der Waals surface area (Å²) >= 11 is 5.86. The van der Waals surface area contributed by atoms with Gasteiger partial charge >= 0.3 is 0 Å². The third-order valence-electron chi connectivity index (χ3n) is 3.36. The van der Waals surface area contributed by atoms with Crippen LogP contribution in [0.3, 0.4) is 0 Å². The first kappa shape index (κ1) is 12.6. The maximum atomic E-state index is 9.32. The van der Waals surface area contributed by atoms with Gasteiger partial charge in [-0.2, -0.15) is 0 Å². The summed E-state index contributed by atoms with van der Waals surface area (Å²) in [6.45, 7) is 3.03. The molecule has 5 heteroatoms. The number of aliphatic hydroxyl groups excluding tert-OH is 1.